The predicted molar refractivity (Wildman–Crippen MR) is 154 cm³/mol. The number of rotatable bonds is 4. The molecule has 0 radical (unpaired) electrons. The minimum absolute atomic E-state index is 0.135. The van der Waals surface area contributed by atoms with Crippen molar-refractivity contribution in [3.63, 3.8) is 0 Å². The Morgan fingerprint density at radius 3 is 2.62 bits per heavy atom. The van der Waals surface area contributed by atoms with Gasteiger partial charge in [0.05, 0.1) is 22.8 Å². The molecule has 5 aliphatic rings. The first-order valence-electron chi connectivity index (χ1n) is 14.9. The summed E-state index contributed by atoms with van der Waals surface area (Å²) in [5, 5.41) is 2.28. The maximum Gasteiger partial charge on any atom is 0.414 e. The van der Waals surface area contributed by atoms with Crippen molar-refractivity contribution in [3.8, 4) is 0 Å². The van der Waals surface area contributed by atoms with E-state index in [1.807, 2.05) is 36.4 Å². The number of carbonyl (C=O) groups excluding carboxylic acids is 4. The van der Waals surface area contributed by atoms with Crippen LogP contribution in [0.2, 0.25) is 0 Å². The van der Waals surface area contributed by atoms with Gasteiger partial charge in [0.25, 0.3) is 5.91 Å². The highest BCUT2D eigenvalue weighted by Gasteiger charge is 2.62. The summed E-state index contributed by atoms with van der Waals surface area (Å²) in [6.07, 6.45) is 7.38. The molecule has 2 aliphatic heterocycles. The quantitative estimate of drug-likeness (QED) is 0.507. The molecule has 0 saturated heterocycles. The van der Waals surface area contributed by atoms with E-state index < -0.39 is 56.7 Å². The highest BCUT2D eigenvalue weighted by atomic mass is 32.2. The number of fused-ring (bicyclic) bond motifs is 3. The van der Waals surface area contributed by atoms with Crippen LogP contribution in [-0.4, -0.2) is 74.2 Å². The van der Waals surface area contributed by atoms with Crippen LogP contribution in [0.15, 0.2) is 36.4 Å². The minimum Gasteiger partial charge on any atom is -0.446 e. The summed E-state index contributed by atoms with van der Waals surface area (Å²) in [7, 11) is -2.09. The largest absolute Gasteiger partial charge is 0.446 e. The number of carbonyl (C=O) groups is 4. The van der Waals surface area contributed by atoms with E-state index in [-0.39, 0.29) is 31.1 Å². The zero-order valence-corrected chi connectivity index (χ0v) is 24.6. The van der Waals surface area contributed by atoms with Crippen molar-refractivity contribution in [1.29, 1.82) is 0 Å². The molecule has 0 spiro atoms. The number of para-hydroxylation sites is 1. The van der Waals surface area contributed by atoms with E-state index in [9.17, 15) is 27.6 Å². The number of hydrogen-bond acceptors (Lipinski definition) is 7. The molecule has 3 saturated carbocycles. The van der Waals surface area contributed by atoms with Crippen molar-refractivity contribution < 1.29 is 32.3 Å². The Morgan fingerprint density at radius 1 is 1.07 bits per heavy atom. The highest BCUT2D eigenvalue weighted by Crippen LogP contribution is 2.47. The molecule has 0 bridgehead atoms. The molecule has 3 aliphatic carbocycles. The van der Waals surface area contributed by atoms with Crippen LogP contribution in [0.1, 0.15) is 56.9 Å². The van der Waals surface area contributed by atoms with Crippen molar-refractivity contribution in [3.05, 3.63) is 42.0 Å². The normalized spacial score (nSPS) is 32.1. The third-order valence-electron chi connectivity index (χ3n) is 9.37. The van der Waals surface area contributed by atoms with Crippen LogP contribution >= 0.6 is 0 Å². The van der Waals surface area contributed by atoms with Crippen molar-refractivity contribution >= 4 is 39.5 Å². The lowest BCUT2D eigenvalue weighted by Gasteiger charge is -2.26. The van der Waals surface area contributed by atoms with Gasteiger partial charge in [0.15, 0.2) is 0 Å². The standard InChI is InChI=1S/C30H38N4O7S/c1-33-14-7-3-2-4-9-20-18-30(20,28(37)32-42(39,40)22-11-12-22)31-26(35)23-16-21(17-24(23)27(33)36)41-29(38)34-15-13-19-8-5-6-10-25(19)34/h4-6,8-10,20-24H,2-3,7,11-18H2,1H3,(H,31,35)(H,32,37)/b9-4-/t20-,21-,23-,24-,30-/m1/s1. The molecule has 42 heavy (non-hydrogen) atoms. The summed E-state index contributed by atoms with van der Waals surface area (Å²) in [4.78, 5) is 57.2. The fourth-order valence-electron chi connectivity index (χ4n) is 6.63. The third kappa shape index (κ3) is 5.52. The van der Waals surface area contributed by atoms with Crippen LogP contribution in [0.4, 0.5) is 10.5 Å². The van der Waals surface area contributed by atoms with Gasteiger partial charge in [0.1, 0.15) is 11.6 Å². The second kappa shape index (κ2) is 11.0. The number of allylic oxidation sites excluding steroid dienone is 1. The first-order valence-corrected chi connectivity index (χ1v) is 16.5. The average Bonchev–Trinajstić information content (AvgIpc) is 3.84. The van der Waals surface area contributed by atoms with E-state index in [4.69, 9.17) is 4.74 Å². The van der Waals surface area contributed by atoms with E-state index in [0.717, 1.165) is 36.9 Å². The number of ether oxygens (including phenoxy) is 1. The molecular weight excluding hydrogens is 560 g/mol. The zero-order chi connectivity index (χ0) is 29.6. The molecule has 1 aromatic carbocycles. The Balaban J connectivity index is 1.22. The zero-order valence-electron chi connectivity index (χ0n) is 23.8. The molecule has 4 amide bonds. The van der Waals surface area contributed by atoms with Crippen molar-refractivity contribution in [2.45, 2.75) is 74.7 Å². The van der Waals surface area contributed by atoms with Gasteiger partial charge in [-0.2, -0.15) is 0 Å². The van der Waals surface area contributed by atoms with Crippen LogP contribution in [0.5, 0.6) is 0 Å². The van der Waals surface area contributed by atoms with Gasteiger partial charge in [-0.15, -0.1) is 0 Å². The minimum atomic E-state index is -3.81. The Morgan fingerprint density at radius 2 is 1.83 bits per heavy atom. The van der Waals surface area contributed by atoms with Gasteiger partial charge in [-0.25, -0.2) is 13.2 Å². The van der Waals surface area contributed by atoms with Crippen LogP contribution in [0.25, 0.3) is 0 Å². The monoisotopic (exact) mass is 598 g/mol. The summed E-state index contributed by atoms with van der Waals surface area (Å²) in [6.45, 7) is 1.04. The summed E-state index contributed by atoms with van der Waals surface area (Å²) in [5.41, 5.74) is 0.466. The molecule has 0 unspecified atom stereocenters. The van der Waals surface area contributed by atoms with E-state index in [1.165, 1.54) is 0 Å². The number of amides is 4. The first kappa shape index (κ1) is 28.7. The maximum absolute atomic E-state index is 13.8. The van der Waals surface area contributed by atoms with Crippen molar-refractivity contribution in [2.24, 2.45) is 17.8 Å². The summed E-state index contributed by atoms with van der Waals surface area (Å²) in [5.74, 6) is -3.35. The van der Waals surface area contributed by atoms with Gasteiger partial charge in [0.2, 0.25) is 21.8 Å². The summed E-state index contributed by atoms with van der Waals surface area (Å²) >= 11 is 0. The van der Waals surface area contributed by atoms with Crippen LogP contribution in [0, 0.1) is 17.8 Å². The molecule has 5 atom stereocenters. The Labute approximate surface area is 246 Å². The second-order valence-corrected chi connectivity index (χ2v) is 14.3. The summed E-state index contributed by atoms with van der Waals surface area (Å²) < 4.78 is 33.2. The fraction of sp³-hybridized carbons (Fsp3) is 0.600. The molecule has 12 heteroatoms. The molecule has 6 rings (SSSR count). The Bertz CT molecular complexity index is 1420. The summed E-state index contributed by atoms with van der Waals surface area (Å²) in [6, 6.07) is 7.64. The van der Waals surface area contributed by atoms with Gasteiger partial charge in [-0.05, 0) is 69.4 Å². The molecule has 226 valence electrons. The molecule has 2 heterocycles. The van der Waals surface area contributed by atoms with E-state index in [0.29, 0.717) is 25.9 Å². The number of sulfonamides is 1. The van der Waals surface area contributed by atoms with Gasteiger partial charge >= 0.3 is 6.09 Å². The second-order valence-electron chi connectivity index (χ2n) is 12.4. The average molecular weight is 599 g/mol. The lowest BCUT2D eigenvalue weighted by Crippen LogP contribution is -2.54. The molecule has 0 aromatic heterocycles. The van der Waals surface area contributed by atoms with Gasteiger partial charge in [0, 0.05) is 26.1 Å². The number of benzene rings is 1. The fourth-order valence-corrected chi connectivity index (χ4v) is 7.99. The lowest BCUT2D eigenvalue weighted by atomic mass is 9.93. The number of anilines is 1. The van der Waals surface area contributed by atoms with Gasteiger partial charge in [-0.1, -0.05) is 30.4 Å². The third-order valence-corrected chi connectivity index (χ3v) is 11.2. The van der Waals surface area contributed by atoms with E-state index in [2.05, 4.69) is 10.0 Å². The smallest absolute Gasteiger partial charge is 0.414 e. The Kier molecular flexibility index (Phi) is 7.53. The Hall–Kier alpha value is -3.41. The van der Waals surface area contributed by atoms with E-state index >= 15 is 0 Å². The van der Waals surface area contributed by atoms with Crippen LogP contribution in [0.3, 0.4) is 0 Å². The molecule has 1 aromatic rings. The number of nitrogens with one attached hydrogen (secondary N) is 2. The number of nitrogens with zero attached hydrogens (tertiary/aromatic N) is 2. The topological polar surface area (TPSA) is 142 Å². The van der Waals surface area contributed by atoms with Gasteiger partial charge in [-0.3, -0.25) is 24.0 Å². The predicted octanol–water partition coefficient (Wildman–Crippen LogP) is 2.26. The first-order chi connectivity index (χ1) is 20.1. The molecular formula is C30H38N4O7S. The van der Waals surface area contributed by atoms with Gasteiger partial charge < -0.3 is 15.0 Å². The SMILES string of the molecule is CN1CCCC/C=C\[C@@H]2C[C@@]2(C(=O)NS(=O)(=O)C2CC2)NC(=O)[C@@H]2C[C@@H](OC(=O)N3CCc4ccccc43)C[C@H]2C1=O. The maximum atomic E-state index is 13.8. The van der Waals surface area contributed by atoms with Crippen molar-refractivity contribution in [1.82, 2.24) is 14.9 Å². The molecule has 3 fully saturated rings. The van der Waals surface area contributed by atoms with E-state index in [1.54, 1.807) is 16.8 Å². The lowest BCUT2D eigenvalue weighted by molar-refractivity contribution is -0.140. The van der Waals surface area contributed by atoms with Crippen LogP contribution < -0.4 is 14.9 Å². The van der Waals surface area contributed by atoms with Crippen LogP contribution in [-0.2, 0) is 35.6 Å². The molecule has 2 N–H and O–H groups in total. The van der Waals surface area contributed by atoms with Crippen molar-refractivity contribution in [2.75, 3.05) is 25.0 Å². The highest BCUT2D eigenvalue weighted by molar-refractivity contribution is 7.91. The number of hydrogen-bond donors (Lipinski definition) is 2. The molecule has 11 nitrogen and oxygen atoms in total.